The molecule has 0 spiro atoms. The van der Waals surface area contributed by atoms with Gasteiger partial charge in [0.1, 0.15) is 0 Å². The number of amides is 3. The van der Waals surface area contributed by atoms with Crippen LogP contribution in [0.5, 0.6) is 0 Å². The zero-order chi connectivity index (χ0) is 21.1. The average Bonchev–Trinajstić information content (AvgIpc) is 3.14. The van der Waals surface area contributed by atoms with Crippen molar-refractivity contribution in [2.45, 2.75) is 38.8 Å². The van der Waals surface area contributed by atoms with Gasteiger partial charge in [-0.2, -0.15) is 0 Å². The van der Waals surface area contributed by atoms with Crippen molar-refractivity contribution in [1.29, 1.82) is 0 Å². The zero-order valence-electron chi connectivity index (χ0n) is 17.9. The number of hydrogen-bond donors (Lipinski definition) is 1. The number of aromatic nitrogens is 3. The fraction of sp³-hybridized carbons (Fsp3) is 0.600. The molecular formula is C20H31N7O2. The summed E-state index contributed by atoms with van der Waals surface area (Å²) < 4.78 is 1.87. The number of carbonyl (C=O) groups excluding carboxylic acids is 2. The molecule has 0 bridgehead atoms. The topological polar surface area (TPSA) is 86.1 Å². The normalized spacial score (nSPS) is 17.7. The lowest BCUT2D eigenvalue weighted by atomic mass is 10.1. The molecule has 1 atom stereocenters. The van der Waals surface area contributed by atoms with Gasteiger partial charge in [0.25, 0.3) is 5.91 Å². The van der Waals surface area contributed by atoms with Crippen LogP contribution >= 0.6 is 0 Å². The molecule has 9 nitrogen and oxygen atoms in total. The van der Waals surface area contributed by atoms with Crippen LogP contribution in [0.4, 0.5) is 4.79 Å². The van der Waals surface area contributed by atoms with E-state index in [1.165, 1.54) is 0 Å². The minimum Gasteiger partial charge on any atom is -0.349 e. The highest BCUT2D eigenvalue weighted by Crippen LogP contribution is 2.24. The number of rotatable bonds is 5. The van der Waals surface area contributed by atoms with E-state index >= 15 is 0 Å². The molecule has 1 aliphatic rings. The summed E-state index contributed by atoms with van der Waals surface area (Å²) in [5, 5.41) is 11.7. The van der Waals surface area contributed by atoms with Gasteiger partial charge in [0.2, 0.25) is 0 Å². The molecule has 1 saturated heterocycles. The lowest BCUT2D eigenvalue weighted by Crippen LogP contribution is -2.52. The number of hydrogen-bond acceptors (Lipinski definition) is 5. The maximum atomic E-state index is 12.7. The summed E-state index contributed by atoms with van der Waals surface area (Å²) in [6.45, 7) is 6.07. The van der Waals surface area contributed by atoms with E-state index in [9.17, 15) is 9.59 Å². The Labute approximate surface area is 171 Å². The third-order valence-corrected chi connectivity index (χ3v) is 5.61. The van der Waals surface area contributed by atoms with Gasteiger partial charge in [-0.15, -0.1) is 10.2 Å². The summed E-state index contributed by atoms with van der Waals surface area (Å²) in [5.41, 5.74) is 1.26. The molecule has 0 aliphatic carbocycles. The molecule has 158 valence electrons. The highest BCUT2D eigenvalue weighted by molar-refractivity contribution is 5.94. The Bertz CT molecular complexity index is 875. The van der Waals surface area contributed by atoms with Gasteiger partial charge >= 0.3 is 6.03 Å². The maximum absolute atomic E-state index is 12.7. The van der Waals surface area contributed by atoms with E-state index in [1.807, 2.05) is 22.4 Å². The van der Waals surface area contributed by atoms with Crippen molar-refractivity contribution in [2.24, 2.45) is 0 Å². The van der Waals surface area contributed by atoms with Gasteiger partial charge in [-0.05, 0) is 32.0 Å². The number of likely N-dealkylation sites (N-methyl/N-ethyl adjacent to an activating group) is 1. The summed E-state index contributed by atoms with van der Waals surface area (Å²) in [4.78, 5) is 30.7. The van der Waals surface area contributed by atoms with Crippen molar-refractivity contribution < 1.29 is 9.59 Å². The van der Waals surface area contributed by atoms with Gasteiger partial charge in [-0.1, -0.05) is 13.8 Å². The number of pyridine rings is 1. The first-order chi connectivity index (χ1) is 13.8. The van der Waals surface area contributed by atoms with Crippen LogP contribution in [-0.2, 0) is 0 Å². The summed E-state index contributed by atoms with van der Waals surface area (Å²) in [6, 6.07) is 3.64. The highest BCUT2D eigenvalue weighted by atomic mass is 16.2. The standard InChI is InChI=1S/C20H31N7O2/c1-6-15(7-2)21-19(28)14-8-9-17-22-23-18(27(17)12-14)16-13-26(11-10-25(16)5)20(29)24(3)4/h8-9,12,15-16H,6-7,10-11,13H2,1-5H3,(H,21,28). The number of nitrogens with zero attached hydrogens (tertiary/aromatic N) is 6. The second-order valence-corrected chi connectivity index (χ2v) is 7.81. The van der Waals surface area contributed by atoms with Crippen molar-refractivity contribution in [1.82, 2.24) is 34.6 Å². The molecule has 0 radical (unpaired) electrons. The van der Waals surface area contributed by atoms with E-state index in [0.29, 0.717) is 24.3 Å². The van der Waals surface area contributed by atoms with E-state index < -0.39 is 0 Å². The van der Waals surface area contributed by atoms with Gasteiger partial charge in [-0.3, -0.25) is 14.1 Å². The number of carbonyl (C=O) groups is 2. The van der Waals surface area contributed by atoms with E-state index in [1.54, 1.807) is 31.3 Å². The van der Waals surface area contributed by atoms with Crippen molar-refractivity contribution in [3.8, 4) is 0 Å². The van der Waals surface area contributed by atoms with Crippen LogP contribution in [0.3, 0.4) is 0 Å². The molecule has 0 saturated carbocycles. The number of fused-ring (bicyclic) bond motifs is 1. The molecule has 3 rings (SSSR count). The van der Waals surface area contributed by atoms with Crippen molar-refractivity contribution in [3.05, 3.63) is 29.7 Å². The molecule has 3 heterocycles. The maximum Gasteiger partial charge on any atom is 0.319 e. The molecule has 3 amide bonds. The van der Waals surface area contributed by atoms with Crippen LogP contribution in [0.1, 0.15) is 48.9 Å². The molecule has 9 heteroatoms. The van der Waals surface area contributed by atoms with Crippen LogP contribution in [0.25, 0.3) is 5.65 Å². The largest absolute Gasteiger partial charge is 0.349 e. The molecule has 2 aromatic heterocycles. The Hall–Kier alpha value is -2.68. The SMILES string of the molecule is CCC(CC)NC(=O)c1ccc2nnc(C3CN(C(=O)N(C)C)CCN3C)n2c1. The predicted molar refractivity (Wildman–Crippen MR) is 111 cm³/mol. The zero-order valence-corrected chi connectivity index (χ0v) is 17.9. The number of nitrogens with one attached hydrogen (secondary N) is 1. The Balaban J connectivity index is 1.89. The summed E-state index contributed by atoms with van der Waals surface area (Å²) >= 11 is 0. The van der Waals surface area contributed by atoms with Gasteiger partial charge in [0, 0.05) is 46.0 Å². The molecule has 1 N–H and O–H groups in total. The van der Waals surface area contributed by atoms with Crippen molar-refractivity contribution >= 4 is 17.6 Å². The minimum absolute atomic E-state index is 0.0119. The smallest absolute Gasteiger partial charge is 0.319 e. The van der Waals surface area contributed by atoms with E-state index in [4.69, 9.17) is 0 Å². The van der Waals surface area contributed by atoms with Crippen LogP contribution < -0.4 is 5.32 Å². The summed E-state index contributed by atoms with van der Waals surface area (Å²) in [5.74, 6) is 0.637. The predicted octanol–water partition coefficient (Wildman–Crippen LogP) is 1.62. The number of piperazine rings is 1. The Morgan fingerprint density at radius 2 is 1.93 bits per heavy atom. The Morgan fingerprint density at radius 3 is 2.59 bits per heavy atom. The third-order valence-electron chi connectivity index (χ3n) is 5.61. The van der Waals surface area contributed by atoms with Crippen LogP contribution in [-0.4, -0.2) is 88.1 Å². The minimum atomic E-state index is -0.0972. The second kappa shape index (κ2) is 8.77. The Morgan fingerprint density at radius 1 is 1.21 bits per heavy atom. The van der Waals surface area contributed by atoms with Gasteiger partial charge < -0.3 is 15.1 Å². The fourth-order valence-corrected chi connectivity index (χ4v) is 3.64. The van der Waals surface area contributed by atoms with E-state index in [2.05, 4.69) is 34.3 Å². The molecule has 1 unspecified atom stereocenters. The summed E-state index contributed by atoms with van der Waals surface area (Å²) in [7, 11) is 5.53. The first-order valence-corrected chi connectivity index (χ1v) is 10.2. The Kier molecular flexibility index (Phi) is 6.36. The molecule has 29 heavy (non-hydrogen) atoms. The first-order valence-electron chi connectivity index (χ1n) is 10.2. The molecule has 2 aromatic rings. The number of urea groups is 1. The van der Waals surface area contributed by atoms with Gasteiger partial charge in [0.15, 0.2) is 11.5 Å². The average molecular weight is 402 g/mol. The lowest BCUT2D eigenvalue weighted by Gasteiger charge is -2.39. The fourth-order valence-electron chi connectivity index (χ4n) is 3.64. The lowest BCUT2D eigenvalue weighted by molar-refractivity contribution is 0.0930. The highest BCUT2D eigenvalue weighted by Gasteiger charge is 2.32. The third kappa shape index (κ3) is 4.34. The quantitative estimate of drug-likeness (QED) is 0.823. The van der Waals surface area contributed by atoms with Crippen molar-refractivity contribution in [2.75, 3.05) is 40.8 Å². The monoisotopic (exact) mass is 401 g/mol. The summed E-state index contributed by atoms with van der Waals surface area (Å²) in [6.07, 6.45) is 3.58. The van der Waals surface area contributed by atoms with Gasteiger partial charge in [-0.25, -0.2) is 4.79 Å². The van der Waals surface area contributed by atoms with E-state index in [0.717, 1.165) is 25.2 Å². The van der Waals surface area contributed by atoms with Crippen molar-refractivity contribution in [3.63, 3.8) is 0 Å². The molecule has 1 fully saturated rings. The molecule has 0 aromatic carbocycles. The van der Waals surface area contributed by atoms with Gasteiger partial charge in [0.05, 0.1) is 11.6 Å². The van der Waals surface area contributed by atoms with Crippen LogP contribution in [0.2, 0.25) is 0 Å². The van der Waals surface area contributed by atoms with Crippen LogP contribution in [0, 0.1) is 0 Å². The second-order valence-electron chi connectivity index (χ2n) is 7.81. The van der Waals surface area contributed by atoms with Crippen LogP contribution in [0.15, 0.2) is 18.3 Å². The molecular weight excluding hydrogens is 370 g/mol. The van der Waals surface area contributed by atoms with E-state index in [-0.39, 0.29) is 24.0 Å². The molecule has 1 aliphatic heterocycles. The first kappa shape index (κ1) is 21.0.